The Bertz CT molecular complexity index is 1060. The van der Waals surface area contributed by atoms with E-state index >= 15 is 0 Å². The third-order valence-electron chi connectivity index (χ3n) is 4.37. The molecule has 0 bridgehead atoms. The van der Waals surface area contributed by atoms with Crippen LogP contribution in [0.3, 0.4) is 0 Å². The summed E-state index contributed by atoms with van der Waals surface area (Å²) in [6, 6.07) is 21.2. The molecule has 3 aromatic rings. The number of para-hydroxylation sites is 2. The lowest BCUT2D eigenvalue weighted by Gasteiger charge is -2.13. The topological polar surface area (TPSA) is 61.8 Å². The van der Waals surface area contributed by atoms with Crippen molar-refractivity contribution in [3.63, 3.8) is 0 Å². The number of sulfone groups is 1. The van der Waals surface area contributed by atoms with Crippen LogP contribution < -0.4 is 14.2 Å². The smallest absolute Gasteiger partial charge is 0.182 e. The van der Waals surface area contributed by atoms with Gasteiger partial charge in [-0.3, -0.25) is 0 Å². The van der Waals surface area contributed by atoms with Crippen molar-refractivity contribution in [3.8, 4) is 23.0 Å². The molecule has 1 aliphatic heterocycles. The number of benzene rings is 3. The highest BCUT2D eigenvalue weighted by atomic mass is 32.2. The summed E-state index contributed by atoms with van der Waals surface area (Å²) in [6.07, 6.45) is 0.765. The monoisotopic (exact) mass is 396 g/mol. The van der Waals surface area contributed by atoms with E-state index in [-0.39, 0.29) is 10.6 Å². The zero-order chi connectivity index (χ0) is 19.4. The lowest BCUT2D eigenvalue weighted by atomic mass is 10.2. The van der Waals surface area contributed by atoms with E-state index in [0.29, 0.717) is 41.8 Å². The first kappa shape index (κ1) is 18.4. The molecule has 28 heavy (non-hydrogen) atoms. The molecule has 3 aromatic carbocycles. The minimum atomic E-state index is -3.59. The van der Waals surface area contributed by atoms with Crippen molar-refractivity contribution in [2.75, 3.05) is 13.2 Å². The molecule has 0 N–H and O–H groups in total. The zero-order valence-corrected chi connectivity index (χ0v) is 16.0. The van der Waals surface area contributed by atoms with Crippen molar-refractivity contribution in [2.45, 2.75) is 17.1 Å². The summed E-state index contributed by atoms with van der Waals surface area (Å²) < 4.78 is 43.1. The van der Waals surface area contributed by atoms with Crippen LogP contribution in [0.1, 0.15) is 12.0 Å². The average molecular weight is 396 g/mol. The van der Waals surface area contributed by atoms with Crippen LogP contribution in [-0.4, -0.2) is 21.6 Å². The maximum absolute atomic E-state index is 13.0. The van der Waals surface area contributed by atoms with Gasteiger partial charge in [0.05, 0.1) is 23.9 Å². The van der Waals surface area contributed by atoms with Gasteiger partial charge in [-0.15, -0.1) is 0 Å². The minimum absolute atomic E-state index is 0.171. The average Bonchev–Trinajstić information content (AvgIpc) is 2.95. The third-order valence-corrected chi connectivity index (χ3v) is 6.03. The summed E-state index contributed by atoms with van der Waals surface area (Å²) in [7, 11) is -3.59. The van der Waals surface area contributed by atoms with E-state index in [4.69, 9.17) is 14.2 Å². The molecule has 1 heterocycles. The summed E-state index contributed by atoms with van der Waals surface area (Å²) in [5.41, 5.74) is 0.596. The van der Waals surface area contributed by atoms with Crippen LogP contribution in [0.15, 0.2) is 77.7 Å². The third kappa shape index (κ3) is 4.12. The van der Waals surface area contributed by atoms with Gasteiger partial charge in [-0.1, -0.05) is 36.4 Å². The largest absolute Gasteiger partial charge is 0.490 e. The molecule has 0 fully saturated rings. The molecule has 144 valence electrons. The van der Waals surface area contributed by atoms with E-state index in [9.17, 15) is 8.42 Å². The van der Waals surface area contributed by atoms with Crippen molar-refractivity contribution >= 4 is 9.84 Å². The van der Waals surface area contributed by atoms with Gasteiger partial charge in [0.25, 0.3) is 0 Å². The van der Waals surface area contributed by atoms with Crippen LogP contribution in [0.2, 0.25) is 0 Å². The van der Waals surface area contributed by atoms with Crippen LogP contribution >= 0.6 is 0 Å². The number of fused-ring (bicyclic) bond motifs is 1. The molecule has 0 spiro atoms. The highest BCUT2D eigenvalue weighted by molar-refractivity contribution is 7.90. The van der Waals surface area contributed by atoms with E-state index in [1.807, 2.05) is 36.4 Å². The molecule has 0 atom stereocenters. The second-order valence-electron chi connectivity index (χ2n) is 6.44. The summed E-state index contributed by atoms with van der Waals surface area (Å²) in [6.45, 7) is 1.06. The molecule has 4 rings (SSSR count). The predicted octanol–water partition coefficient (Wildman–Crippen LogP) is 4.61. The molecule has 0 saturated heterocycles. The van der Waals surface area contributed by atoms with Gasteiger partial charge < -0.3 is 14.2 Å². The second kappa shape index (κ2) is 7.94. The van der Waals surface area contributed by atoms with Gasteiger partial charge in [-0.05, 0) is 30.3 Å². The highest BCUT2D eigenvalue weighted by Gasteiger charge is 2.21. The van der Waals surface area contributed by atoms with Crippen LogP contribution in [0.25, 0.3) is 0 Å². The molecule has 0 amide bonds. The lowest BCUT2D eigenvalue weighted by molar-refractivity contribution is 0.297. The first-order chi connectivity index (χ1) is 13.6. The van der Waals surface area contributed by atoms with Crippen LogP contribution in [0.4, 0.5) is 0 Å². The number of hydrogen-bond donors (Lipinski definition) is 0. The predicted molar refractivity (Wildman–Crippen MR) is 106 cm³/mol. The summed E-state index contributed by atoms with van der Waals surface area (Å²) >= 11 is 0. The van der Waals surface area contributed by atoms with Gasteiger partial charge in [0.2, 0.25) is 0 Å². The Kier molecular flexibility index (Phi) is 5.21. The molecule has 6 heteroatoms. The quantitative estimate of drug-likeness (QED) is 0.630. The molecule has 0 saturated carbocycles. The lowest BCUT2D eigenvalue weighted by Crippen LogP contribution is -2.07. The van der Waals surface area contributed by atoms with Gasteiger partial charge in [-0.2, -0.15) is 0 Å². The molecule has 0 aliphatic carbocycles. The summed E-state index contributed by atoms with van der Waals surface area (Å²) in [5.74, 6) is 2.04. The SMILES string of the molecule is O=S(=O)(Cc1ccccc1Oc1ccccc1)c1ccc2c(c1)OCCCO2. The normalized spacial score (nSPS) is 13.6. The first-order valence-corrected chi connectivity index (χ1v) is 10.7. The maximum Gasteiger partial charge on any atom is 0.182 e. The van der Waals surface area contributed by atoms with E-state index in [1.54, 1.807) is 30.3 Å². The first-order valence-electron chi connectivity index (χ1n) is 9.05. The standard InChI is InChI=1S/C22H20O5S/c23-28(24,19-11-12-21-22(15-19)26-14-6-13-25-21)16-17-7-4-5-10-20(17)27-18-8-2-1-3-9-18/h1-5,7-12,15H,6,13-14,16H2. The van der Waals surface area contributed by atoms with Crippen LogP contribution in [0, 0.1) is 0 Å². The molecule has 0 radical (unpaired) electrons. The number of ether oxygens (including phenoxy) is 3. The Morgan fingerprint density at radius 2 is 1.54 bits per heavy atom. The second-order valence-corrected chi connectivity index (χ2v) is 8.43. The van der Waals surface area contributed by atoms with Crippen molar-refractivity contribution in [1.29, 1.82) is 0 Å². The molecule has 0 aromatic heterocycles. The Balaban J connectivity index is 1.61. The van der Waals surface area contributed by atoms with Crippen molar-refractivity contribution in [1.82, 2.24) is 0 Å². The van der Waals surface area contributed by atoms with E-state index in [2.05, 4.69) is 0 Å². The Hall–Kier alpha value is -2.99. The fourth-order valence-electron chi connectivity index (χ4n) is 2.96. The number of rotatable bonds is 5. The Morgan fingerprint density at radius 3 is 2.36 bits per heavy atom. The molecular weight excluding hydrogens is 376 g/mol. The number of hydrogen-bond acceptors (Lipinski definition) is 5. The van der Waals surface area contributed by atoms with Crippen LogP contribution in [0.5, 0.6) is 23.0 Å². The molecular formula is C22H20O5S. The molecule has 5 nitrogen and oxygen atoms in total. The van der Waals surface area contributed by atoms with Crippen molar-refractivity contribution in [3.05, 3.63) is 78.4 Å². The van der Waals surface area contributed by atoms with Gasteiger partial charge in [0, 0.05) is 18.1 Å². The van der Waals surface area contributed by atoms with E-state index < -0.39 is 9.84 Å². The summed E-state index contributed by atoms with van der Waals surface area (Å²) in [5, 5.41) is 0. The maximum atomic E-state index is 13.0. The zero-order valence-electron chi connectivity index (χ0n) is 15.2. The fourth-order valence-corrected chi connectivity index (χ4v) is 4.34. The van der Waals surface area contributed by atoms with Gasteiger partial charge >= 0.3 is 0 Å². The minimum Gasteiger partial charge on any atom is -0.490 e. The van der Waals surface area contributed by atoms with Gasteiger partial charge in [0.1, 0.15) is 11.5 Å². The van der Waals surface area contributed by atoms with Gasteiger partial charge in [-0.25, -0.2) is 8.42 Å². The Morgan fingerprint density at radius 1 is 0.821 bits per heavy atom. The molecule has 1 aliphatic rings. The van der Waals surface area contributed by atoms with Crippen LogP contribution in [-0.2, 0) is 15.6 Å². The fraction of sp³-hybridized carbons (Fsp3) is 0.182. The van der Waals surface area contributed by atoms with E-state index in [1.165, 1.54) is 6.07 Å². The summed E-state index contributed by atoms with van der Waals surface area (Å²) in [4.78, 5) is 0.200. The van der Waals surface area contributed by atoms with Crippen molar-refractivity contribution in [2.24, 2.45) is 0 Å². The van der Waals surface area contributed by atoms with Crippen molar-refractivity contribution < 1.29 is 22.6 Å². The van der Waals surface area contributed by atoms with E-state index in [0.717, 1.165) is 6.42 Å². The highest BCUT2D eigenvalue weighted by Crippen LogP contribution is 2.34. The Labute approximate surface area is 164 Å². The van der Waals surface area contributed by atoms with Gasteiger partial charge in [0.15, 0.2) is 21.3 Å². The molecule has 0 unspecified atom stereocenters.